The van der Waals surface area contributed by atoms with Crippen LogP contribution in [0.3, 0.4) is 0 Å². The van der Waals surface area contributed by atoms with E-state index in [1.54, 1.807) is 12.1 Å². The van der Waals surface area contributed by atoms with Crippen LogP contribution >= 0.6 is 11.6 Å². The van der Waals surface area contributed by atoms with Gasteiger partial charge >= 0.3 is 0 Å². The topological polar surface area (TPSA) is 61.9 Å². The normalized spacial score (nSPS) is 18.1. The first-order valence-corrected chi connectivity index (χ1v) is 11.6. The van der Waals surface area contributed by atoms with Gasteiger partial charge in [-0.1, -0.05) is 23.7 Å². The molecule has 8 heteroatoms. The van der Waals surface area contributed by atoms with E-state index in [1.807, 2.05) is 30.3 Å². The van der Waals surface area contributed by atoms with Gasteiger partial charge in [0.05, 0.1) is 0 Å². The second kappa shape index (κ2) is 9.91. The second-order valence-corrected chi connectivity index (χ2v) is 9.99. The van der Waals surface area contributed by atoms with Crippen molar-refractivity contribution in [1.82, 2.24) is 13.9 Å². The fraction of sp³-hybridized carbons (Fsp3) is 0.429. The molecule has 1 unspecified atom stereocenters. The van der Waals surface area contributed by atoms with Crippen molar-refractivity contribution in [2.75, 3.05) is 33.7 Å². The van der Waals surface area contributed by atoms with Gasteiger partial charge in [-0.3, -0.25) is 4.90 Å². The Labute approximate surface area is 178 Å². The number of hydrogen-bond acceptors (Lipinski definition) is 4. The van der Waals surface area contributed by atoms with Crippen LogP contribution in [0.15, 0.2) is 48.5 Å². The average Bonchev–Trinajstić information content (AvgIpc) is 2.69. The minimum absolute atomic E-state index is 0.312. The van der Waals surface area contributed by atoms with Crippen molar-refractivity contribution < 1.29 is 13.2 Å². The Balaban J connectivity index is 1.56. The molecule has 0 amide bonds. The van der Waals surface area contributed by atoms with Crippen molar-refractivity contribution in [2.24, 2.45) is 5.92 Å². The second-order valence-electron chi connectivity index (χ2n) is 7.58. The third-order valence-corrected chi connectivity index (χ3v) is 6.74. The summed E-state index contributed by atoms with van der Waals surface area (Å²) in [7, 11) is -0.299. The highest BCUT2D eigenvalue weighted by Crippen LogP contribution is 2.25. The van der Waals surface area contributed by atoms with Gasteiger partial charge in [0.2, 0.25) is 0 Å². The summed E-state index contributed by atoms with van der Waals surface area (Å²) >= 11 is 5.92. The van der Waals surface area contributed by atoms with Crippen LogP contribution in [0.2, 0.25) is 5.02 Å². The molecule has 1 aliphatic rings. The van der Waals surface area contributed by atoms with Gasteiger partial charge in [-0.25, -0.2) is 4.72 Å². The maximum Gasteiger partial charge on any atom is 0.278 e. The Hall–Kier alpha value is -1.64. The third-order valence-electron chi connectivity index (χ3n) is 4.99. The lowest BCUT2D eigenvalue weighted by Gasteiger charge is -2.33. The fourth-order valence-corrected chi connectivity index (χ4v) is 4.25. The van der Waals surface area contributed by atoms with E-state index in [2.05, 4.69) is 15.7 Å². The summed E-state index contributed by atoms with van der Waals surface area (Å²) < 4.78 is 33.7. The number of piperidine rings is 1. The van der Waals surface area contributed by atoms with Crippen LogP contribution in [0, 0.1) is 5.92 Å². The maximum atomic E-state index is 11.9. The molecule has 0 aromatic heterocycles. The molecule has 2 aromatic rings. The predicted molar refractivity (Wildman–Crippen MR) is 117 cm³/mol. The van der Waals surface area contributed by atoms with E-state index in [0.29, 0.717) is 17.5 Å². The summed E-state index contributed by atoms with van der Waals surface area (Å²) in [6, 6.07) is 15.4. The van der Waals surface area contributed by atoms with Crippen LogP contribution in [-0.4, -0.2) is 51.4 Å². The van der Waals surface area contributed by atoms with Gasteiger partial charge in [0.15, 0.2) is 0 Å². The van der Waals surface area contributed by atoms with Crippen LogP contribution in [0.1, 0.15) is 18.4 Å². The Morgan fingerprint density at radius 3 is 2.66 bits per heavy atom. The lowest BCUT2D eigenvalue weighted by atomic mass is 9.98. The summed E-state index contributed by atoms with van der Waals surface area (Å²) in [6.07, 6.45) is 2.10. The van der Waals surface area contributed by atoms with Crippen molar-refractivity contribution in [3.63, 3.8) is 0 Å². The highest BCUT2D eigenvalue weighted by Gasteiger charge is 2.22. The Kier molecular flexibility index (Phi) is 7.54. The van der Waals surface area contributed by atoms with E-state index in [0.717, 1.165) is 44.0 Å². The van der Waals surface area contributed by atoms with Gasteiger partial charge in [-0.2, -0.15) is 12.7 Å². The first-order valence-electron chi connectivity index (χ1n) is 9.73. The molecule has 1 atom stereocenters. The monoisotopic (exact) mass is 437 g/mol. The standard InChI is InChI=1S/C21H28ClN3O3S/c1-24(2)29(26,27)23-14-18-6-4-12-25(16-18)15-17-5-3-7-21(13-17)28-20-10-8-19(22)9-11-20/h3,5,7-11,13,18,23H,4,6,12,14-16H2,1-2H3. The van der Waals surface area contributed by atoms with Crippen LogP contribution in [0.5, 0.6) is 11.5 Å². The van der Waals surface area contributed by atoms with E-state index in [1.165, 1.54) is 24.0 Å². The molecule has 6 nitrogen and oxygen atoms in total. The average molecular weight is 438 g/mol. The van der Waals surface area contributed by atoms with E-state index >= 15 is 0 Å². The number of hydrogen-bond donors (Lipinski definition) is 1. The zero-order valence-electron chi connectivity index (χ0n) is 16.8. The van der Waals surface area contributed by atoms with Crippen molar-refractivity contribution in [3.8, 4) is 11.5 Å². The molecule has 29 heavy (non-hydrogen) atoms. The van der Waals surface area contributed by atoms with Gasteiger partial charge in [0, 0.05) is 38.8 Å². The Morgan fingerprint density at radius 1 is 1.17 bits per heavy atom. The molecule has 1 aliphatic heterocycles. The van der Waals surface area contributed by atoms with Crippen molar-refractivity contribution in [2.45, 2.75) is 19.4 Å². The van der Waals surface area contributed by atoms with Crippen LogP contribution in [0.4, 0.5) is 0 Å². The molecule has 2 aromatic carbocycles. The summed E-state index contributed by atoms with van der Waals surface area (Å²) in [5.41, 5.74) is 1.17. The van der Waals surface area contributed by atoms with Gasteiger partial charge < -0.3 is 4.74 Å². The number of likely N-dealkylation sites (tertiary alicyclic amines) is 1. The number of nitrogens with zero attached hydrogens (tertiary/aromatic N) is 2. The van der Waals surface area contributed by atoms with Crippen LogP contribution in [-0.2, 0) is 16.8 Å². The van der Waals surface area contributed by atoms with Gasteiger partial charge in [0.1, 0.15) is 11.5 Å². The molecule has 0 aliphatic carbocycles. The Bertz CT molecular complexity index is 904. The van der Waals surface area contributed by atoms with E-state index in [-0.39, 0.29) is 0 Å². The van der Waals surface area contributed by atoms with Crippen molar-refractivity contribution in [3.05, 3.63) is 59.1 Å². The first kappa shape index (κ1) is 22.1. The molecular formula is C21H28ClN3O3S. The quantitative estimate of drug-likeness (QED) is 0.683. The molecule has 1 fully saturated rings. The summed E-state index contributed by atoms with van der Waals surface area (Å²) in [5.74, 6) is 1.85. The van der Waals surface area contributed by atoms with E-state index < -0.39 is 10.2 Å². The number of benzene rings is 2. The molecule has 0 radical (unpaired) electrons. The molecule has 0 spiro atoms. The number of nitrogens with one attached hydrogen (secondary N) is 1. The van der Waals surface area contributed by atoms with E-state index in [9.17, 15) is 8.42 Å². The predicted octanol–water partition coefficient (Wildman–Crippen LogP) is 3.74. The molecule has 1 N–H and O–H groups in total. The molecule has 0 bridgehead atoms. The first-order chi connectivity index (χ1) is 13.8. The summed E-state index contributed by atoms with van der Waals surface area (Å²) in [4.78, 5) is 2.37. The summed E-state index contributed by atoms with van der Waals surface area (Å²) in [6.45, 7) is 3.17. The van der Waals surface area contributed by atoms with Crippen molar-refractivity contribution in [1.29, 1.82) is 0 Å². The highest BCUT2D eigenvalue weighted by atomic mass is 35.5. The SMILES string of the molecule is CN(C)S(=O)(=O)NCC1CCCN(Cc2cccc(Oc3ccc(Cl)cc3)c2)C1. The number of halogens is 1. The minimum atomic E-state index is -3.37. The van der Waals surface area contributed by atoms with Gasteiger partial charge in [0.25, 0.3) is 10.2 Å². The van der Waals surface area contributed by atoms with Gasteiger partial charge in [-0.05, 0) is 67.3 Å². The lowest BCUT2D eigenvalue weighted by Crippen LogP contribution is -2.43. The molecule has 1 heterocycles. The molecule has 158 valence electrons. The minimum Gasteiger partial charge on any atom is -0.457 e. The highest BCUT2D eigenvalue weighted by molar-refractivity contribution is 7.87. The lowest BCUT2D eigenvalue weighted by molar-refractivity contribution is 0.168. The number of rotatable bonds is 8. The summed E-state index contributed by atoms with van der Waals surface area (Å²) in [5, 5.41) is 0.679. The third kappa shape index (κ3) is 6.69. The van der Waals surface area contributed by atoms with E-state index in [4.69, 9.17) is 16.3 Å². The van der Waals surface area contributed by atoms with Crippen LogP contribution in [0.25, 0.3) is 0 Å². The fourth-order valence-electron chi connectivity index (χ4n) is 3.42. The Morgan fingerprint density at radius 2 is 1.93 bits per heavy atom. The molecular weight excluding hydrogens is 410 g/mol. The van der Waals surface area contributed by atoms with Crippen LogP contribution < -0.4 is 9.46 Å². The molecule has 3 rings (SSSR count). The molecule has 1 saturated heterocycles. The zero-order valence-corrected chi connectivity index (χ0v) is 18.4. The maximum absolute atomic E-state index is 11.9. The van der Waals surface area contributed by atoms with Gasteiger partial charge in [-0.15, -0.1) is 0 Å². The zero-order chi connectivity index (χ0) is 20.9. The van der Waals surface area contributed by atoms with Crippen molar-refractivity contribution >= 4 is 21.8 Å². The number of ether oxygens (including phenoxy) is 1. The molecule has 0 saturated carbocycles. The smallest absolute Gasteiger partial charge is 0.278 e. The largest absolute Gasteiger partial charge is 0.457 e.